The molecular weight excluding hydrogens is 314 g/mol. The minimum Gasteiger partial charge on any atom is -0.493 e. The zero-order chi connectivity index (χ0) is 17.5. The maximum Gasteiger partial charge on any atom is 0.161 e. The van der Waals surface area contributed by atoms with Crippen LogP contribution in [0.1, 0.15) is 12.5 Å². The molecule has 0 N–H and O–H groups in total. The van der Waals surface area contributed by atoms with E-state index in [0.717, 1.165) is 43.2 Å². The van der Waals surface area contributed by atoms with Gasteiger partial charge in [0, 0.05) is 18.8 Å². The summed E-state index contributed by atoms with van der Waals surface area (Å²) >= 11 is 0. The van der Waals surface area contributed by atoms with Crippen molar-refractivity contribution in [1.29, 1.82) is 0 Å². The Bertz CT molecular complexity index is 695. The first-order valence-corrected chi connectivity index (χ1v) is 8.70. The molecule has 5 nitrogen and oxygen atoms in total. The van der Waals surface area contributed by atoms with Crippen LogP contribution < -0.4 is 14.4 Å². The van der Waals surface area contributed by atoms with Crippen molar-refractivity contribution in [2.45, 2.75) is 6.92 Å². The Kier molecular flexibility index (Phi) is 5.77. The molecule has 0 atom stereocenters. The van der Waals surface area contributed by atoms with Crippen molar-refractivity contribution in [2.75, 3.05) is 44.8 Å². The van der Waals surface area contributed by atoms with Crippen molar-refractivity contribution in [3.63, 3.8) is 0 Å². The molecule has 2 aromatic carbocycles. The summed E-state index contributed by atoms with van der Waals surface area (Å²) in [6, 6.07) is 16.4. The van der Waals surface area contributed by atoms with E-state index in [1.165, 1.54) is 5.69 Å². The Morgan fingerprint density at radius 2 is 1.76 bits per heavy atom. The fraction of sp³-hybridized carbons (Fsp3) is 0.350. The van der Waals surface area contributed by atoms with Crippen molar-refractivity contribution < 1.29 is 9.47 Å². The fourth-order valence-electron chi connectivity index (χ4n) is 2.90. The maximum absolute atomic E-state index is 5.55. The first-order valence-electron chi connectivity index (χ1n) is 8.70. The number of para-hydroxylation sites is 1. The molecule has 1 fully saturated rings. The standard InChI is InChI=1S/C20H25N3O2/c1-3-25-19-10-9-17(15-20(19)24-2)16-21-23-13-11-22(12-14-23)18-7-5-4-6-8-18/h4-10,15-16H,3,11-14H2,1-2H3/b21-16+. The lowest BCUT2D eigenvalue weighted by Crippen LogP contribution is -2.44. The lowest BCUT2D eigenvalue weighted by molar-refractivity contribution is 0.272. The van der Waals surface area contributed by atoms with Gasteiger partial charge in [0.15, 0.2) is 11.5 Å². The Morgan fingerprint density at radius 1 is 1.00 bits per heavy atom. The van der Waals surface area contributed by atoms with Gasteiger partial charge in [-0.2, -0.15) is 5.10 Å². The zero-order valence-corrected chi connectivity index (χ0v) is 14.9. The van der Waals surface area contributed by atoms with Crippen LogP contribution in [0.5, 0.6) is 11.5 Å². The van der Waals surface area contributed by atoms with E-state index < -0.39 is 0 Å². The van der Waals surface area contributed by atoms with E-state index in [1.54, 1.807) is 7.11 Å². The third-order valence-corrected chi connectivity index (χ3v) is 4.24. The number of rotatable bonds is 6. The first-order chi connectivity index (χ1) is 12.3. The van der Waals surface area contributed by atoms with Crippen LogP contribution in [0.4, 0.5) is 5.69 Å². The van der Waals surface area contributed by atoms with Gasteiger partial charge >= 0.3 is 0 Å². The smallest absolute Gasteiger partial charge is 0.161 e. The molecule has 132 valence electrons. The number of methoxy groups -OCH3 is 1. The normalized spacial score (nSPS) is 14.8. The maximum atomic E-state index is 5.55. The summed E-state index contributed by atoms with van der Waals surface area (Å²) in [5.41, 5.74) is 2.29. The molecule has 2 aromatic rings. The number of hydrogen-bond acceptors (Lipinski definition) is 5. The predicted octanol–water partition coefficient (Wildman–Crippen LogP) is 3.25. The molecule has 3 rings (SSSR count). The van der Waals surface area contributed by atoms with E-state index in [-0.39, 0.29) is 0 Å². The van der Waals surface area contributed by atoms with Gasteiger partial charge in [-0.25, -0.2) is 0 Å². The molecule has 0 unspecified atom stereocenters. The highest BCUT2D eigenvalue weighted by atomic mass is 16.5. The van der Waals surface area contributed by atoms with Gasteiger partial charge in [-0.1, -0.05) is 18.2 Å². The van der Waals surface area contributed by atoms with E-state index in [4.69, 9.17) is 9.47 Å². The molecule has 0 aromatic heterocycles. The van der Waals surface area contributed by atoms with Crippen LogP contribution in [-0.4, -0.2) is 51.1 Å². The number of benzene rings is 2. The fourth-order valence-corrected chi connectivity index (χ4v) is 2.90. The molecule has 0 bridgehead atoms. The Morgan fingerprint density at radius 3 is 2.44 bits per heavy atom. The monoisotopic (exact) mass is 339 g/mol. The van der Waals surface area contributed by atoms with Crippen molar-refractivity contribution in [3.05, 3.63) is 54.1 Å². The molecular formula is C20H25N3O2. The molecule has 1 heterocycles. The minimum absolute atomic E-state index is 0.621. The summed E-state index contributed by atoms with van der Waals surface area (Å²) < 4.78 is 10.9. The summed E-state index contributed by atoms with van der Waals surface area (Å²) in [5.74, 6) is 1.50. The van der Waals surface area contributed by atoms with Gasteiger partial charge in [-0.05, 0) is 42.8 Å². The highest BCUT2D eigenvalue weighted by Gasteiger charge is 2.15. The Hall–Kier alpha value is -2.69. The summed E-state index contributed by atoms with van der Waals surface area (Å²) in [6.07, 6.45) is 1.89. The number of hydrazone groups is 1. The summed E-state index contributed by atoms with van der Waals surface area (Å²) in [7, 11) is 1.65. The molecule has 0 amide bonds. The SMILES string of the molecule is CCOc1ccc(/C=N/N2CCN(c3ccccc3)CC2)cc1OC. The molecule has 5 heteroatoms. The van der Waals surface area contributed by atoms with E-state index in [9.17, 15) is 0 Å². The molecule has 0 saturated carbocycles. The van der Waals surface area contributed by atoms with Gasteiger partial charge in [0.25, 0.3) is 0 Å². The van der Waals surface area contributed by atoms with Crippen molar-refractivity contribution >= 4 is 11.9 Å². The van der Waals surface area contributed by atoms with Gasteiger partial charge in [0.1, 0.15) is 0 Å². The van der Waals surface area contributed by atoms with E-state index in [2.05, 4.69) is 45.3 Å². The van der Waals surface area contributed by atoms with Crippen LogP contribution in [0, 0.1) is 0 Å². The molecule has 0 spiro atoms. The average molecular weight is 339 g/mol. The van der Waals surface area contributed by atoms with Crippen LogP contribution in [0.25, 0.3) is 0 Å². The second-order valence-corrected chi connectivity index (χ2v) is 5.86. The molecule has 25 heavy (non-hydrogen) atoms. The van der Waals surface area contributed by atoms with Gasteiger partial charge in [-0.15, -0.1) is 0 Å². The minimum atomic E-state index is 0.621. The van der Waals surface area contributed by atoms with Crippen molar-refractivity contribution in [1.82, 2.24) is 5.01 Å². The average Bonchev–Trinajstić information content (AvgIpc) is 2.68. The Labute approximate surface area is 149 Å². The topological polar surface area (TPSA) is 37.3 Å². The third-order valence-electron chi connectivity index (χ3n) is 4.24. The van der Waals surface area contributed by atoms with Crippen LogP contribution in [0.2, 0.25) is 0 Å². The van der Waals surface area contributed by atoms with E-state index in [0.29, 0.717) is 6.61 Å². The quantitative estimate of drug-likeness (QED) is 0.757. The zero-order valence-electron chi connectivity index (χ0n) is 14.9. The van der Waals surface area contributed by atoms with Gasteiger partial charge < -0.3 is 14.4 Å². The highest BCUT2D eigenvalue weighted by molar-refractivity contribution is 5.80. The second kappa shape index (κ2) is 8.42. The predicted molar refractivity (Wildman–Crippen MR) is 102 cm³/mol. The van der Waals surface area contributed by atoms with Crippen molar-refractivity contribution in [2.24, 2.45) is 5.10 Å². The van der Waals surface area contributed by atoms with Gasteiger partial charge in [0.05, 0.1) is 33.0 Å². The van der Waals surface area contributed by atoms with Crippen LogP contribution in [0.3, 0.4) is 0 Å². The molecule has 1 aliphatic rings. The summed E-state index contributed by atoms with van der Waals surface area (Å²) in [6.45, 7) is 6.38. The number of anilines is 1. The van der Waals surface area contributed by atoms with Crippen LogP contribution >= 0.6 is 0 Å². The summed E-state index contributed by atoms with van der Waals surface area (Å²) in [4.78, 5) is 2.39. The van der Waals surface area contributed by atoms with Crippen LogP contribution in [0.15, 0.2) is 53.6 Å². The molecule has 0 radical (unpaired) electrons. The van der Waals surface area contributed by atoms with Gasteiger partial charge in [0.2, 0.25) is 0 Å². The third kappa shape index (κ3) is 4.44. The molecule has 1 saturated heterocycles. The number of nitrogens with zero attached hydrogens (tertiary/aromatic N) is 3. The lowest BCUT2D eigenvalue weighted by atomic mass is 10.2. The highest BCUT2D eigenvalue weighted by Crippen LogP contribution is 2.27. The molecule has 1 aliphatic heterocycles. The Balaban J connectivity index is 1.58. The van der Waals surface area contributed by atoms with Crippen molar-refractivity contribution in [3.8, 4) is 11.5 Å². The molecule has 0 aliphatic carbocycles. The number of hydrogen-bond donors (Lipinski definition) is 0. The largest absolute Gasteiger partial charge is 0.493 e. The first kappa shape index (κ1) is 17.1. The van der Waals surface area contributed by atoms with Crippen LogP contribution in [-0.2, 0) is 0 Å². The number of ether oxygens (including phenoxy) is 2. The number of piperazine rings is 1. The van der Waals surface area contributed by atoms with E-state index >= 15 is 0 Å². The summed E-state index contributed by atoms with van der Waals surface area (Å²) in [5, 5.41) is 6.73. The lowest BCUT2D eigenvalue weighted by Gasteiger charge is -2.34. The second-order valence-electron chi connectivity index (χ2n) is 5.86. The van der Waals surface area contributed by atoms with E-state index in [1.807, 2.05) is 31.3 Å². The van der Waals surface area contributed by atoms with Gasteiger partial charge in [-0.3, -0.25) is 5.01 Å².